The first-order valence-electron chi connectivity index (χ1n) is 6.44. The van der Waals surface area contributed by atoms with Gasteiger partial charge in [0.25, 0.3) is 0 Å². The summed E-state index contributed by atoms with van der Waals surface area (Å²) in [5.74, 6) is 0.401. The van der Waals surface area contributed by atoms with Crippen LogP contribution in [0.2, 0.25) is 0 Å². The second-order valence-corrected chi connectivity index (χ2v) is 5.01. The van der Waals surface area contributed by atoms with Crippen molar-refractivity contribution in [3.8, 4) is 0 Å². The molecule has 18 heavy (non-hydrogen) atoms. The van der Waals surface area contributed by atoms with Crippen molar-refractivity contribution in [2.45, 2.75) is 19.8 Å². The molecule has 0 unspecified atom stereocenters. The number of nitrogens with zero attached hydrogens (tertiary/aromatic N) is 1. The number of likely N-dealkylation sites (tertiary alicyclic amines) is 1. The monoisotopic (exact) mass is 243 g/mol. The van der Waals surface area contributed by atoms with Crippen LogP contribution in [0.3, 0.4) is 0 Å². The van der Waals surface area contributed by atoms with Crippen LogP contribution < -0.4 is 5.46 Å². The number of hydrogen-bond donors (Lipinski definition) is 0. The average Bonchev–Trinajstić information content (AvgIpc) is 2.39. The van der Waals surface area contributed by atoms with Gasteiger partial charge in [-0.1, -0.05) is 29.7 Å². The van der Waals surface area contributed by atoms with Gasteiger partial charge in [0.05, 0.1) is 0 Å². The maximum absolute atomic E-state index is 12.3. The van der Waals surface area contributed by atoms with Crippen LogP contribution in [0.25, 0.3) is 0 Å². The van der Waals surface area contributed by atoms with Crippen LogP contribution in [0.15, 0.2) is 24.3 Å². The van der Waals surface area contributed by atoms with E-state index in [1.807, 2.05) is 37.0 Å². The average molecular weight is 243 g/mol. The highest BCUT2D eigenvalue weighted by molar-refractivity contribution is 6.32. The lowest BCUT2D eigenvalue weighted by atomic mass is 9.87. The van der Waals surface area contributed by atoms with Gasteiger partial charge in [0, 0.05) is 31.5 Å². The van der Waals surface area contributed by atoms with Gasteiger partial charge in [0.15, 0.2) is 5.78 Å². The van der Waals surface area contributed by atoms with Crippen LogP contribution in [-0.4, -0.2) is 37.5 Å². The lowest BCUT2D eigenvalue weighted by Gasteiger charge is -2.30. The van der Waals surface area contributed by atoms with Gasteiger partial charge in [-0.2, -0.15) is 0 Å². The molecule has 0 bridgehead atoms. The summed E-state index contributed by atoms with van der Waals surface area (Å²) in [5, 5.41) is 0. The molecule has 0 atom stereocenters. The molecular formula is C14H18BNO2. The van der Waals surface area contributed by atoms with Crippen LogP contribution in [0.4, 0.5) is 0 Å². The zero-order valence-electron chi connectivity index (χ0n) is 11.0. The van der Waals surface area contributed by atoms with Gasteiger partial charge < -0.3 is 4.90 Å². The number of benzene rings is 1. The van der Waals surface area contributed by atoms with Gasteiger partial charge >= 0.3 is 0 Å². The molecule has 0 aliphatic carbocycles. The van der Waals surface area contributed by atoms with Crippen molar-refractivity contribution in [2.75, 3.05) is 13.1 Å². The molecule has 0 N–H and O–H groups in total. The third kappa shape index (κ3) is 2.81. The SMILES string of the molecule is Bc1ccc(C(=O)C2CCN(C(C)=O)CC2)cc1. The van der Waals surface area contributed by atoms with Gasteiger partial charge in [0.1, 0.15) is 7.85 Å². The second-order valence-electron chi connectivity index (χ2n) is 5.01. The van der Waals surface area contributed by atoms with Crippen molar-refractivity contribution in [2.24, 2.45) is 5.92 Å². The fraction of sp³-hybridized carbons (Fsp3) is 0.429. The van der Waals surface area contributed by atoms with E-state index in [-0.39, 0.29) is 17.6 Å². The molecule has 0 aromatic heterocycles. The van der Waals surface area contributed by atoms with E-state index in [9.17, 15) is 9.59 Å². The Balaban J connectivity index is 1.99. The number of ketones is 1. The first-order chi connectivity index (χ1) is 8.58. The minimum Gasteiger partial charge on any atom is -0.343 e. The van der Waals surface area contributed by atoms with E-state index < -0.39 is 0 Å². The highest BCUT2D eigenvalue weighted by Crippen LogP contribution is 2.21. The Morgan fingerprint density at radius 2 is 1.72 bits per heavy atom. The Labute approximate surface area is 109 Å². The molecule has 2 rings (SSSR count). The second kappa shape index (κ2) is 5.38. The predicted molar refractivity (Wildman–Crippen MR) is 73.9 cm³/mol. The molecule has 1 saturated heterocycles. The van der Waals surface area contributed by atoms with Crippen LogP contribution in [0, 0.1) is 5.92 Å². The summed E-state index contributed by atoms with van der Waals surface area (Å²) < 4.78 is 0. The number of hydrogen-bond acceptors (Lipinski definition) is 2. The van der Waals surface area contributed by atoms with Crippen molar-refractivity contribution < 1.29 is 9.59 Å². The molecule has 1 amide bonds. The molecule has 0 spiro atoms. The van der Waals surface area contributed by atoms with Crippen molar-refractivity contribution in [1.82, 2.24) is 4.90 Å². The summed E-state index contributed by atoms with van der Waals surface area (Å²) in [6.07, 6.45) is 1.57. The number of Topliss-reactive ketones (excluding diaryl/α,β-unsaturated/α-hetero) is 1. The standard InChI is InChI=1S/C14H18BNO2/c1-10(17)16-8-6-12(7-9-16)14(18)11-2-4-13(15)5-3-11/h2-5,12H,6-9,15H2,1H3. The quantitative estimate of drug-likeness (QED) is 0.556. The summed E-state index contributed by atoms with van der Waals surface area (Å²) in [5.41, 5.74) is 1.96. The van der Waals surface area contributed by atoms with E-state index in [1.165, 1.54) is 0 Å². The summed E-state index contributed by atoms with van der Waals surface area (Å²) in [4.78, 5) is 25.3. The Bertz CT molecular complexity index is 447. The van der Waals surface area contributed by atoms with Crippen LogP contribution in [0.1, 0.15) is 30.1 Å². The molecule has 0 radical (unpaired) electrons. The van der Waals surface area contributed by atoms with E-state index in [1.54, 1.807) is 6.92 Å². The maximum Gasteiger partial charge on any atom is 0.219 e. The molecule has 1 aromatic rings. The highest BCUT2D eigenvalue weighted by atomic mass is 16.2. The number of piperidine rings is 1. The van der Waals surface area contributed by atoms with Gasteiger partial charge in [-0.25, -0.2) is 0 Å². The zero-order chi connectivity index (χ0) is 13.1. The highest BCUT2D eigenvalue weighted by Gasteiger charge is 2.26. The fourth-order valence-corrected chi connectivity index (χ4v) is 2.41. The van der Waals surface area contributed by atoms with E-state index in [2.05, 4.69) is 0 Å². The maximum atomic E-state index is 12.3. The van der Waals surface area contributed by atoms with E-state index >= 15 is 0 Å². The van der Waals surface area contributed by atoms with E-state index in [4.69, 9.17) is 0 Å². The number of carbonyl (C=O) groups excluding carboxylic acids is 2. The Kier molecular flexibility index (Phi) is 3.85. The van der Waals surface area contributed by atoms with Crippen LogP contribution in [-0.2, 0) is 4.79 Å². The van der Waals surface area contributed by atoms with Crippen molar-refractivity contribution >= 4 is 25.0 Å². The molecule has 1 aromatic carbocycles. The first-order valence-corrected chi connectivity index (χ1v) is 6.44. The summed E-state index contributed by atoms with van der Waals surface area (Å²) in [6.45, 7) is 3.00. The summed E-state index contributed by atoms with van der Waals surface area (Å²) in [7, 11) is 2.01. The molecule has 94 valence electrons. The van der Waals surface area contributed by atoms with Crippen LogP contribution in [0.5, 0.6) is 0 Å². The topological polar surface area (TPSA) is 37.4 Å². The molecule has 4 heteroatoms. The van der Waals surface area contributed by atoms with Gasteiger partial charge in [-0.3, -0.25) is 9.59 Å². The largest absolute Gasteiger partial charge is 0.343 e. The van der Waals surface area contributed by atoms with Gasteiger partial charge in [0.2, 0.25) is 5.91 Å². The summed E-state index contributed by atoms with van der Waals surface area (Å²) in [6, 6.07) is 7.74. The molecule has 1 fully saturated rings. The fourth-order valence-electron chi connectivity index (χ4n) is 2.41. The van der Waals surface area contributed by atoms with E-state index in [0.717, 1.165) is 23.9 Å². The number of rotatable bonds is 2. The lowest BCUT2D eigenvalue weighted by Crippen LogP contribution is -2.39. The predicted octanol–water partition coefficient (Wildman–Crippen LogP) is 0.386. The zero-order valence-corrected chi connectivity index (χ0v) is 11.0. The normalized spacial score (nSPS) is 16.6. The van der Waals surface area contributed by atoms with E-state index in [0.29, 0.717) is 13.1 Å². The molecule has 1 aliphatic rings. The molecule has 1 heterocycles. The third-order valence-electron chi connectivity index (χ3n) is 3.65. The molecule has 1 aliphatic heterocycles. The third-order valence-corrected chi connectivity index (χ3v) is 3.65. The number of amides is 1. The Morgan fingerprint density at radius 1 is 1.17 bits per heavy atom. The van der Waals surface area contributed by atoms with Crippen molar-refractivity contribution in [3.63, 3.8) is 0 Å². The lowest BCUT2D eigenvalue weighted by molar-refractivity contribution is -0.130. The Morgan fingerprint density at radius 3 is 2.22 bits per heavy atom. The smallest absolute Gasteiger partial charge is 0.219 e. The van der Waals surface area contributed by atoms with Gasteiger partial charge in [-0.05, 0) is 12.8 Å². The Hall–Kier alpha value is -1.58. The molecule has 3 nitrogen and oxygen atoms in total. The van der Waals surface area contributed by atoms with Gasteiger partial charge in [-0.15, -0.1) is 0 Å². The first kappa shape index (κ1) is 12.9. The van der Waals surface area contributed by atoms with Crippen molar-refractivity contribution in [3.05, 3.63) is 29.8 Å². The summed E-state index contributed by atoms with van der Waals surface area (Å²) >= 11 is 0. The number of carbonyl (C=O) groups is 2. The molecule has 0 saturated carbocycles. The molecular weight excluding hydrogens is 225 g/mol. The minimum absolute atomic E-state index is 0.0725. The minimum atomic E-state index is 0.0725. The van der Waals surface area contributed by atoms with Crippen LogP contribution >= 0.6 is 0 Å². The van der Waals surface area contributed by atoms with Crippen molar-refractivity contribution in [1.29, 1.82) is 0 Å².